The molecule has 0 bridgehead atoms. The van der Waals surface area contributed by atoms with Gasteiger partial charge in [-0.2, -0.15) is 0 Å². The maximum atomic E-state index is 14.5. The molecule has 5 heteroatoms. The number of amides is 1. The summed E-state index contributed by atoms with van der Waals surface area (Å²) >= 11 is 0. The topological polar surface area (TPSA) is 32.3 Å². The van der Waals surface area contributed by atoms with E-state index in [0.717, 1.165) is 36.9 Å². The third-order valence-corrected chi connectivity index (χ3v) is 5.49. The number of carbonyl (C=O) groups is 1. The molecule has 2 aliphatic rings. The van der Waals surface area contributed by atoms with Crippen LogP contribution in [0.2, 0.25) is 0 Å². The quantitative estimate of drug-likeness (QED) is 0.903. The van der Waals surface area contributed by atoms with Crippen LogP contribution in [0.15, 0.2) is 42.5 Å². The van der Waals surface area contributed by atoms with E-state index < -0.39 is 5.54 Å². The number of likely N-dealkylation sites (N-methyl/N-ethyl adjacent to an activating group) is 1. The Labute approximate surface area is 145 Å². The highest BCUT2D eigenvalue weighted by Crippen LogP contribution is 2.40. The standard InChI is InChI=1S/C20H20F2N2O/c1-24-11-10-20(19(24)25)9-8-18(23-20)16-12-14(4-7-17(16)22)13-2-5-15(21)6-3-13/h2-7,12,18,23H,8-11H2,1H3/t18-,20-/m0/s1. The predicted octanol–water partition coefficient (Wildman–Crippen LogP) is 3.66. The molecule has 2 aromatic rings. The minimum atomic E-state index is -0.544. The summed E-state index contributed by atoms with van der Waals surface area (Å²) < 4.78 is 27.6. The van der Waals surface area contributed by atoms with E-state index in [1.54, 1.807) is 23.1 Å². The molecule has 2 fully saturated rings. The summed E-state index contributed by atoms with van der Waals surface area (Å²) in [7, 11) is 1.81. The Bertz CT molecular complexity index is 821. The van der Waals surface area contributed by atoms with Crippen LogP contribution >= 0.6 is 0 Å². The van der Waals surface area contributed by atoms with Gasteiger partial charge in [-0.1, -0.05) is 18.2 Å². The van der Waals surface area contributed by atoms with Crippen molar-refractivity contribution in [2.24, 2.45) is 0 Å². The molecule has 130 valence electrons. The lowest BCUT2D eigenvalue weighted by atomic mass is 9.95. The van der Waals surface area contributed by atoms with Gasteiger partial charge in [0.2, 0.25) is 5.91 Å². The average molecular weight is 342 g/mol. The monoisotopic (exact) mass is 342 g/mol. The van der Waals surface area contributed by atoms with E-state index in [1.165, 1.54) is 18.2 Å². The highest BCUT2D eigenvalue weighted by atomic mass is 19.1. The van der Waals surface area contributed by atoms with Crippen LogP contribution in [0.1, 0.15) is 30.9 Å². The summed E-state index contributed by atoms with van der Waals surface area (Å²) in [6, 6.07) is 10.9. The van der Waals surface area contributed by atoms with Gasteiger partial charge in [0.1, 0.15) is 17.2 Å². The third-order valence-electron chi connectivity index (χ3n) is 5.49. The Balaban J connectivity index is 1.64. The molecule has 4 rings (SSSR count). The molecular formula is C20H20F2N2O. The van der Waals surface area contributed by atoms with E-state index in [0.29, 0.717) is 5.56 Å². The van der Waals surface area contributed by atoms with Crippen molar-refractivity contribution >= 4 is 5.91 Å². The van der Waals surface area contributed by atoms with Crippen molar-refractivity contribution in [3.05, 3.63) is 59.7 Å². The van der Waals surface area contributed by atoms with Gasteiger partial charge in [-0.05, 0) is 54.7 Å². The molecule has 3 nitrogen and oxygen atoms in total. The van der Waals surface area contributed by atoms with Crippen molar-refractivity contribution in [2.45, 2.75) is 30.8 Å². The molecule has 0 unspecified atom stereocenters. The summed E-state index contributed by atoms with van der Waals surface area (Å²) in [5.41, 5.74) is 1.71. The molecule has 2 heterocycles. The fourth-order valence-corrected chi connectivity index (χ4v) is 4.03. The van der Waals surface area contributed by atoms with Gasteiger partial charge in [0.25, 0.3) is 0 Å². The Morgan fingerprint density at radius 3 is 2.48 bits per heavy atom. The van der Waals surface area contributed by atoms with E-state index in [2.05, 4.69) is 5.32 Å². The highest BCUT2D eigenvalue weighted by molar-refractivity contribution is 5.88. The van der Waals surface area contributed by atoms with Crippen LogP contribution in [0.4, 0.5) is 8.78 Å². The maximum absolute atomic E-state index is 14.5. The molecule has 0 aliphatic carbocycles. The van der Waals surface area contributed by atoms with E-state index in [4.69, 9.17) is 0 Å². The molecule has 2 aromatic carbocycles. The van der Waals surface area contributed by atoms with Gasteiger partial charge in [0, 0.05) is 25.2 Å². The van der Waals surface area contributed by atoms with E-state index in [9.17, 15) is 13.6 Å². The van der Waals surface area contributed by atoms with E-state index >= 15 is 0 Å². The number of halogens is 2. The number of carbonyl (C=O) groups excluding carboxylic acids is 1. The molecule has 0 radical (unpaired) electrons. The zero-order valence-corrected chi connectivity index (χ0v) is 14.1. The van der Waals surface area contributed by atoms with Gasteiger partial charge in [-0.25, -0.2) is 8.78 Å². The van der Waals surface area contributed by atoms with Gasteiger partial charge in [0.05, 0.1) is 0 Å². The van der Waals surface area contributed by atoms with Crippen LogP contribution in [0.3, 0.4) is 0 Å². The highest BCUT2D eigenvalue weighted by Gasteiger charge is 2.50. The van der Waals surface area contributed by atoms with Crippen LogP contribution in [-0.2, 0) is 4.79 Å². The number of benzene rings is 2. The first-order chi connectivity index (χ1) is 12.0. The largest absolute Gasteiger partial charge is 0.344 e. The molecule has 2 saturated heterocycles. The van der Waals surface area contributed by atoms with Crippen molar-refractivity contribution in [3.8, 4) is 11.1 Å². The van der Waals surface area contributed by atoms with Crippen molar-refractivity contribution in [1.29, 1.82) is 0 Å². The van der Waals surface area contributed by atoms with Gasteiger partial charge in [-0.3, -0.25) is 10.1 Å². The second kappa shape index (κ2) is 5.92. The SMILES string of the molecule is CN1CC[C@@]2(CC[C@@H](c3cc(-c4ccc(F)cc4)ccc3F)N2)C1=O. The molecule has 1 N–H and O–H groups in total. The summed E-state index contributed by atoms with van der Waals surface area (Å²) in [5, 5.41) is 3.40. The first-order valence-corrected chi connectivity index (χ1v) is 8.57. The summed E-state index contributed by atoms with van der Waals surface area (Å²) in [4.78, 5) is 14.2. The number of rotatable bonds is 2. The lowest BCUT2D eigenvalue weighted by Gasteiger charge is -2.23. The average Bonchev–Trinajstić information content (AvgIpc) is 3.16. The lowest BCUT2D eigenvalue weighted by Crippen LogP contribution is -2.47. The Morgan fingerprint density at radius 1 is 1.08 bits per heavy atom. The van der Waals surface area contributed by atoms with Crippen LogP contribution in [0, 0.1) is 11.6 Å². The van der Waals surface area contributed by atoms with Gasteiger partial charge >= 0.3 is 0 Å². The molecular weight excluding hydrogens is 322 g/mol. The third kappa shape index (κ3) is 2.72. The molecule has 0 aromatic heterocycles. The smallest absolute Gasteiger partial charge is 0.242 e. The van der Waals surface area contributed by atoms with Crippen LogP contribution in [-0.4, -0.2) is 29.9 Å². The normalized spacial score (nSPS) is 26.0. The zero-order chi connectivity index (χ0) is 17.6. The number of nitrogens with zero attached hydrogens (tertiary/aromatic N) is 1. The van der Waals surface area contributed by atoms with Crippen molar-refractivity contribution in [3.63, 3.8) is 0 Å². The molecule has 0 saturated carbocycles. The first-order valence-electron chi connectivity index (χ1n) is 8.57. The Kier molecular flexibility index (Phi) is 3.84. The van der Waals surface area contributed by atoms with Crippen LogP contribution < -0.4 is 5.32 Å². The second-order valence-electron chi connectivity index (χ2n) is 7.04. The van der Waals surface area contributed by atoms with Crippen molar-refractivity contribution < 1.29 is 13.6 Å². The van der Waals surface area contributed by atoms with Gasteiger partial charge in [-0.15, -0.1) is 0 Å². The summed E-state index contributed by atoms with van der Waals surface area (Å²) in [5.74, 6) is -0.473. The minimum Gasteiger partial charge on any atom is -0.344 e. The second-order valence-corrected chi connectivity index (χ2v) is 7.04. The zero-order valence-electron chi connectivity index (χ0n) is 14.1. The molecule has 2 aliphatic heterocycles. The predicted molar refractivity (Wildman–Crippen MR) is 91.9 cm³/mol. The lowest BCUT2D eigenvalue weighted by molar-refractivity contribution is -0.131. The van der Waals surface area contributed by atoms with Gasteiger partial charge in [0.15, 0.2) is 0 Å². The summed E-state index contributed by atoms with van der Waals surface area (Å²) in [6.45, 7) is 0.733. The summed E-state index contributed by atoms with van der Waals surface area (Å²) in [6.07, 6.45) is 2.21. The minimum absolute atomic E-state index is 0.102. The van der Waals surface area contributed by atoms with Gasteiger partial charge < -0.3 is 4.90 Å². The van der Waals surface area contributed by atoms with Crippen LogP contribution in [0.5, 0.6) is 0 Å². The molecule has 2 atom stereocenters. The number of hydrogen-bond donors (Lipinski definition) is 1. The van der Waals surface area contributed by atoms with Crippen molar-refractivity contribution in [2.75, 3.05) is 13.6 Å². The fourth-order valence-electron chi connectivity index (χ4n) is 4.03. The molecule has 25 heavy (non-hydrogen) atoms. The number of likely N-dealkylation sites (tertiary alicyclic amines) is 1. The fraction of sp³-hybridized carbons (Fsp3) is 0.350. The van der Waals surface area contributed by atoms with Crippen molar-refractivity contribution in [1.82, 2.24) is 10.2 Å². The molecule has 1 spiro atoms. The molecule has 1 amide bonds. The first kappa shape index (κ1) is 16.2. The Morgan fingerprint density at radius 2 is 1.80 bits per heavy atom. The number of nitrogens with one attached hydrogen (secondary N) is 1. The van der Waals surface area contributed by atoms with E-state index in [1.807, 2.05) is 13.1 Å². The number of hydrogen-bond acceptors (Lipinski definition) is 2. The maximum Gasteiger partial charge on any atom is 0.242 e. The van der Waals surface area contributed by atoms with E-state index in [-0.39, 0.29) is 23.6 Å². The van der Waals surface area contributed by atoms with Crippen LogP contribution in [0.25, 0.3) is 11.1 Å². The Hall–Kier alpha value is -2.27.